The third-order valence-electron chi connectivity index (χ3n) is 6.14. The molecule has 0 saturated heterocycles. The van der Waals surface area contributed by atoms with Crippen molar-refractivity contribution in [2.45, 2.75) is 4.90 Å². The first-order valence-electron chi connectivity index (χ1n) is 12.8. The molecule has 0 aliphatic rings. The van der Waals surface area contributed by atoms with E-state index in [9.17, 15) is 14.4 Å². The van der Waals surface area contributed by atoms with E-state index in [1.165, 1.54) is 11.8 Å². The van der Waals surface area contributed by atoms with Crippen LogP contribution >= 0.6 is 35.0 Å². The summed E-state index contributed by atoms with van der Waals surface area (Å²) < 4.78 is 0. The molecule has 5 aromatic rings. The minimum Gasteiger partial charge on any atom is -0.361 e. The number of fused-ring (bicyclic) bond motifs is 1. The molecule has 0 fully saturated rings. The van der Waals surface area contributed by atoms with E-state index in [1.54, 1.807) is 79.0 Å². The van der Waals surface area contributed by atoms with Gasteiger partial charge in [-0.15, -0.1) is 11.8 Å². The fourth-order valence-corrected chi connectivity index (χ4v) is 5.22. The highest BCUT2D eigenvalue weighted by Gasteiger charge is 2.16. The summed E-state index contributed by atoms with van der Waals surface area (Å²) in [5.41, 5.74) is 3.20. The second kappa shape index (κ2) is 13.4. The van der Waals surface area contributed by atoms with Crippen molar-refractivity contribution in [2.24, 2.45) is 0 Å². The summed E-state index contributed by atoms with van der Waals surface area (Å²) in [6.07, 6.45) is 3.43. The quantitative estimate of drug-likeness (QED) is 0.101. The number of aromatic amines is 1. The van der Waals surface area contributed by atoms with Gasteiger partial charge in [-0.1, -0.05) is 59.6 Å². The number of carbonyl (C=O) groups excluding carboxylic acids is 3. The van der Waals surface area contributed by atoms with Gasteiger partial charge in [0.05, 0.1) is 16.5 Å². The molecule has 1 heterocycles. The molecule has 10 heteroatoms. The summed E-state index contributed by atoms with van der Waals surface area (Å²) >= 11 is 13.4. The van der Waals surface area contributed by atoms with Gasteiger partial charge in [0.2, 0.25) is 5.91 Å². The van der Waals surface area contributed by atoms with E-state index >= 15 is 0 Å². The summed E-state index contributed by atoms with van der Waals surface area (Å²) in [6, 6.07) is 28.3. The summed E-state index contributed by atoms with van der Waals surface area (Å²) in [4.78, 5) is 42.7. The Hall–Kier alpha value is -4.50. The van der Waals surface area contributed by atoms with Gasteiger partial charge in [0.25, 0.3) is 11.8 Å². The van der Waals surface area contributed by atoms with E-state index in [0.717, 1.165) is 21.4 Å². The summed E-state index contributed by atoms with van der Waals surface area (Å²) in [6.45, 7) is 0. The van der Waals surface area contributed by atoms with Crippen LogP contribution in [-0.2, 0) is 9.59 Å². The van der Waals surface area contributed by atoms with Crippen LogP contribution in [0.25, 0.3) is 17.0 Å². The number of H-pyrrole nitrogens is 1. The number of carbonyl (C=O) groups is 3. The van der Waals surface area contributed by atoms with Crippen molar-refractivity contribution in [3.05, 3.63) is 130 Å². The number of nitrogens with one attached hydrogen (secondary N) is 4. The first-order chi connectivity index (χ1) is 20.4. The van der Waals surface area contributed by atoms with Gasteiger partial charge in [0.1, 0.15) is 5.70 Å². The van der Waals surface area contributed by atoms with Crippen molar-refractivity contribution in [1.82, 2.24) is 10.3 Å². The zero-order chi connectivity index (χ0) is 29.5. The van der Waals surface area contributed by atoms with Gasteiger partial charge in [-0.3, -0.25) is 14.4 Å². The van der Waals surface area contributed by atoms with Crippen molar-refractivity contribution in [1.29, 1.82) is 0 Å². The molecule has 0 spiro atoms. The average molecular weight is 616 g/mol. The third kappa shape index (κ3) is 7.41. The molecule has 0 bridgehead atoms. The van der Waals surface area contributed by atoms with Crippen LogP contribution < -0.4 is 16.0 Å². The number of amides is 3. The van der Waals surface area contributed by atoms with Crippen molar-refractivity contribution in [2.75, 3.05) is 16.4 Å². The molecule has 0 atom stereocenters. The fraction of sp³-hybridized carbons (Fsp3) is 0.0312. The Morgan fingerprint density at radius 2 is 1.57 bits per heavy atom. The Bertz CT molecular complexity index is 1790. The van der Waals surface area contributed by atoms with Crippen molar-refractivity contribution in [3.63, 3.8) is 0 Å². The van der Waals surface area contributed by atoms with Gasteiger partial charge >= 0.3 is 0 Å². The molecule has 0 radical (unpaired) electrons. The molecule has 0 saturated carbocycles. The number of anilines is 2. The lowest BCUT2D eigenvalue weighted by Gasteiger charge is -2.12. The van der Waals surface area contributed by atoms with Gasteiger partial charge in [-0.2, -0.15) is 0 Å². The normalized spacial score (nSPS) is 11.2. The van der Waals surface area contributed by atoms with E-state index in [0.29, 0.717) is 27.0 Å². The molecule has 5 rings (SSSR count). The van der Waals surface area contributed by atoms with Crippen molar-refractivity contribution in [3.8, 4) is 0 Å². The van der Waals surface area contributed by atoms with Crippen LogP contribution in [0.1, 0.15) is 15.9 Å². The molecule has 42 heavy (non-hydrogen) atoms. The van der Waals surface area contributed by atoms with Gasteiger partial charge in [-0.05, 0) is 66.7 Å². The molecule has 7 nitrogen and oxygen atoms in total. The van der Waals surface area contributed by atoms with Gasteiger partial charge < -0.3 is 20.9 Å². The number of hydrogen-bond acceptors (Lipinski definition) is 4. The second-order valence-electron chi connectivity index (χ2n) is 9.11. The van der Waals surface area contributed by atoms with Gasteiger partial charge in [0.15, 0.2) is 0 Å². The predicted molar refractivity (Wildman–Crippen MR) is 171 cm³/mol. The first kappa shape index (κ1) is 29.0. The molecule has 1 aromatic heterocycles. The van der Waals surface area contributed by atoms with E-state index < -0.39 is 11.8 Å². The van der Waals surface area contributed by atoms with E-state index in [-0.39, 0.29) is 17.4 Å². The maximum atomic E-state index is 13.4. The zero-order valence-electron chi connectivity index (χ0n) is 22.0. The zero-order valence-corrected chi connectivity index (χ0v) is 24.3. The van der Waals surface area contributed by atoms with Crippen LogP contribution in [0.5, 0.6) is 0 Å². The summed E-state index contributed by atoms with van der Waals surface area (Å²) in [5, 5.41) is 10.1. The number of halogens is 2. The molecular weight excluding hydrogens is 591 g/mol. The summed E-state index contributed by atoms with van der Waals surface area (Å²) in [7, 11) is 0. The lowest BCUT2D eigenvalue weighted by Crippen LogP contribution is -2.30. The number of para-hydroxylation sites is 1. The lowest BCUT2D eigenvalue weighted by molar-refractivity contribution is -0.114. The maximum Gasteiger partial charge on any atom is 0.272 e. The Morgan fingerprint density at radius 1 is 0.833 bits per heavy atom. The molecule has 210 valence electrons. The standard InChI is InChI=1S/C32H24Cl2N4O3S/c33-22-10-15-28(26(34)17-22)37-30(39)19-42-24-13-11-23(12-14-24)36-32(41)29(38-31(40)20-6-2-1-3-7-20)16-21-18-35-27-9-5-4-8-25(21)27/h1-18,35H,19H2,(H,36,41)(H,37,39)(H,38,40)/b29-16+. The Balaban J connectivity index is 1.26. The van der Waals surface area contributed by atoms with E-state index in [1.807, 2.05) is 30.3 Å². The van der Waals surface area contributed by atoms with Crippen molar-refractivity contribution >= 4 is 81.0 Å². The number of aromatic nitrogens is 1. The highest BCUT2D eigenvalue weighted by atomic mass is 35.5. The van der Waals surface area contributed by atoms with Crippen LogP contribution in [-0.4, -0.2) is 28.5 Å². The number of hydrogen-bond donors (Lipinski definition) is 4. The molecule has 0 aliphatic carbocycles. The third-order valence-corrected chi connectivity index (χ3v) is 7.70. The van der Waals surface area contributed by atoms with Crippen LogP contribution in [0.4, 0.5) is 11.4 Å². The fourth-order valence-electron chi connectivity index (χ4n) is 4.07. The van der Waals surface area contributed by atoms with Crippen LogP contribution in [0.3, 0.4) is 0 Å². The van der Waals surface area contributed by atoms with Gasteiger partial charge in [0, 0.05) is 43.8 Å². The lowest BCUT2D eigenvalue weighted by atomic mass is 10.1. The smallest absolute Gasteiger partial charge is 0.272 e. The molecule has 0 unspecified atom stereocenters. The highest BCUT2D eigenvalue weighted by molar-refractivity contribution is 8.00. The SMILES string of the molecule is O=C(CSc1ccc(NC(=O)/C(=C\c2c[nH]c3ccccc23)NC(=O)c2ccccc2)cc1)Nc1ccc(Cl)cc1Cl. The first-order valence-corrected chi connectivity index (χ1v) is 14.5. The number of benzene rings is 4. The van der Waals surface area contributed by atoms with Crippen LogP contribution in [0.2, 0.25) is 10.0 Å². The average Bonchev–Trinajstić information content (AvgIpc) is 3.41. The van der Waals surface area contributed by atoms with Crippen LogP contribution in [0.15, 0.2) is 114 Å². The largest absolute Gasteiger partial charge is 0.361 e. The Kier molecular flexibility index (Phi) is 9.28. The molecule has 3 amide bonds. The summed E-state index contributed by atoms with van der Waals surface area (Å²) in [5.74, 6) is -0.943. The Labute approximate surface area is 256 Å². The highest BCUT2D eigenvalue weighted by Crippen LogP contribution is 2.27. The molecule has 4 N–H and O–H groups in total. The van der Waals surface area contributed by atoms with Crippen LogP contribution in [0, 0.1) is 0 Å². The number of thioether (sulfide) groups is 1. The molecule has 4 aromatic carbocycles. The topological polar surface area (TPSA) is 103 Å². The monoisotopic (exact) mass is 614 g/mol. The minimum absolute atomic E-state index is 0.0876. The van der Waals surface area contributed by atoms with E-state index in [4.69, 9.17) is 23.2 Å². The van der Waals surface area contributed by atoms with Crippen molar-refractivity contribution < 1.29 is 14.4 Å². The Morgan fingerprint density at radius 3 is 2.33 bits per heavy atom. The second-order valence-corrected chi connectivity index (χ2v) is 11.0. The minimum atomic E-state index is -0.482. The number of rotatable bonds is 9. The maximum absolute atomic E-state index is 13.4. The van der Waals surface area contributed by atoms with E-state index in [2.05, 4.69) is 20.9 Å². The van der Waals surface area contributed by atoms with Gasteiger partial charge in [-0.25, -0.2) is 0 Å². The predicted octanol–water partition coefficient (Wildman–Crippen LogP) is 7.62. The molecule has 0 aliphatic heterocycles. The molecular formula is C32H24Cl2N4O3S.